The molecule has 3 rings (SSSR count). The van der Waals surface area contributed by atoms with Crippen LogP contribution in [0.1, 0.15) is 30.7 Å². The summed E-state index contributed by atoms with van der Waals surface area (Å²) in [6.45, 7) is 1.45. The van der Waals surface area contributed by atoms with E-state index in [-0.39, 0.29) is 24.6 Å². The number of hydrogen-bond acceptors (Lipinski definition) is 7. The number of aromatic nitrogens is 1. The van der Waals surface area contributed by atoms with Gasteiger partial charge < -0.3 is 25.0 Å². The Morgan fingerprint density at radius 3 is 2.87 bits per heavy atom. The van der Waals surface area contributed by atoms with Gasteiger partial charge in [-0.15, -0.1) is 0 Å². The SMILES string of the molecule is CCC(NC(=O)N1CC(=O)NC[C@@H](Cc2cc(Cl)ccc2OC)C1=O)c1cc(O)no1. The fraction of sp³-hybridized carbons (Fsp3) is 0.400. The molecule has 11 heteroatoms. The summed E-state index contributed by atoms with van der Waals surface area (Å²) in [5.74, 6) is -1.18. The summed E-state index contributed by atoms with van der Waals surface area (Å²) >= 11 is 6.08. The molecule has 1 fully saturated rings. The lowest BCUT2D eigenvalue weighted by Crippen LogP contribution is -2.48. The standard InChI is InChI=1S/C20H23ClN4O6/c1-3-14(16-8-17(26)24-31-16)23-20(29)25-10-18(27)22-9-12(19(25)28)6-11-7-13(21)4-5-15(11)30-2/h4-5,7-8,12,14H,3,6,9-10H2,1-2H3,(H,22,27)(H,23,29)(H,24,26)/t12-,14?/m1/s1. The number of urea groups is 1. The molecule has 2 heterocycles. The Morgan fingerprint density at radius 2 is 2.23 bits per heavy atom. The smallest absolute Gasteiger partial charge is 0.325 e. The lowest BCUT2D eigenvalue weighted by atomic mass is 9.97. The van der Waals surface area contributed by atoms with Gasteiger partial charge in [0, 0.05) is 17.6 Å². The van der Waals surface area contributed by atoms with E-state index in [0.29, 0.717) is 22.8 Å². The van der Waals surface area contributed by atoms with Crippen molar-refractivity contribution >= 4 is 29.4 Å². The summed E-state index contributed by atoms with van der Waals surface area (Å²) < 4.78 is 10.3. The average Bonchev–Trinajstić information content (AvgIpc) is 3.12. The molecule has 1 aromatic heterocycles. The van der Waals surface area contributed by atoms with Crippen molar-refractivity contribution in [2.75, 3.05) is 20.2 Å². The van der Waals surface area contributed by atoms with E-state index in [1.807, 2.05) is 0 Å². The van der Waals surface area contributed by atoms with Crippen molar-refractivity contribution in [2.45, 2.75) is 25.8 Å². The summed E-state index contributed by atoms with van der Waals surface area (Å²) in [6.07, 6.45) is 0.636. The van der Waals surface area contributed by atoms with Crippen molar-refractivity contribution < 1.29 is 28.8 Å². The third-order valence-corrected chi connectivity index (χ3v) is 5.22. The normalized spacial score (nSPS) is 17.6. The van der Waals surface area contributed by atoms with Crippen molar-refractivity contribution in [1.29, 1.82) is 0 Å². The molecule has 1 saturated heterocycles. The molecule has 0 aliphatic carbocycles. The maximum atomic E-state index is 13.2. The third-order valence-electron chi connectivity index (χ3n) is 4.98. The molecular weight excluding hydrogens is 428 g/mol. The number of amides is 4. The molecule has 4 amide bonds. The van der Waals surface area contributed by atoms with E-state index in [9.17, 15) is 19.5 Å². The zero-order chi connectivity index (χ0) is 22.5. The highest BCUT2D eigenvalue weighted by atomic mass is 35.5. The summed E-state index contributed by atoms with van der Waals surface area (Å²) in [4.78, 5) is 39.1. The minimum absolute atomic E-state index is 0.0737. The van der Waals surface area contributed by atoms with Crippen LogP contribution in [-0.4, -0.2) is 53.2 Å². The highest BCUT2D eigenvalue weighted by molar-refractivity contribution is 6.30. The summed E-state index contributed by atoms with van der Waals surface area (Å²) in [7, 11) is 1.51. The first-order valence-electron chi connectivity index (χ1n) is 9.69. The summed E-state index contributed by atoms with van der Waals surface area (Å²) in [5, 5.41) is 18.6. The van der Waals surface area contributed by atoms with Crippen molar-refractivity contribution in [3.8, 4) is 11.6 Å². The number of carbonyl (C=O) groups excluding carboxylic acids is 3. The maximum Gasteiger partial charge on any atom is 0.325 e. The largest absolute Gasteiger partial charge is 0.496 e. The molecular formula is C20H23ClN4O6. The van der Waals surface area contributed by atoms with Crippen LogP contribution >= 0.6 is 11.6 Å². The van der Waals surface area contributed by atoms with Crippen molar-refractivity contribution in [3.05, 3.63) is 40.6 Å². The van der Waals surface area contributed by atoms with Gasteiger partial charge in [0.2, 0.25) is 11.8 Å². The molecule has 0 spiro atoms. The number of hydrogen-bond donors (Lipinski definition) is 3. The number of benzene rings is 1. The Balaban J connectivity index is 1.79. The van der Waals surface area contributed by atoms with Crippen LogP contribution in [0, 0.1) is 5.92 Å². The molecule has 2 aromatic rings. The molecule has 166 valence electrons. The van der Waals surface area contributed by atoms with Gasteiger partial charge in [0.05, 0.1) is 19.1 Å². The van der Waals surface area contributed by atoms with Crippen LogP contribution in [0.3, 0.4) is 0 Å². The molecule has 1 aliphatic rings. The molecule has 0 saturated carbocycles. The second kappa shape index (κ2) is 9.69. The lowest BCUT2D eigenvalue weighted by Gasteiger charge is -2.24. The van der Waals surface area contributed by atoms with E-state index in [4.69, 9.17) is 20.9 Å². The number of methoxy groups -OCH3 is 1. The fourth-order valence-corrected chi connectivity index (χ4v) is 3.57. The van der Waals surface area contributed by atoms with E-state index < -0.39 is 36.3 Å². The van der Waals surface area contributed by atoms with Crippen LogP contribution in [0.25, 0.3) is 0 Å². The van der Waals surface area contributed by atoms with Crippen LogP contribution in [0.15, 0.2) is 28.8 Å². The third kappa shape index (κ3) is 5.26. The Hall–Kier alpha value is -3.27. The molecule has 0 bridgehead atoms. The number of nitrogens with one attached hydrogen (secondary N) is 2. The van der Waals surface area contributed by atoms with Crippen LogP contribution in [0.4, 0.5) is 4.79 Å². The quantitative estimate of drug-likeness (QED) is 0.612. The first-order chi connectivity index (χ1) is 14.8. The van der Waals surface area contributed by atoms with Gasteiger partial charge in [0.25, 0.3) is 5.88 Å². The first kappa shape index (κ1) is 22.4. The summed E-state index contributed by atoms with van der Waals surface area (Å²) in [5.41, 5.74) is 0.688. The van der Waals surface area contributed by atoms with E-state index in [1.165, 1.54) is 13.2 Å². The molecule has 10 nitrogen and oxygen atoms in total. The van der Waals surface area contributed by atoms with Crippen LogP contribution in [-0.2, 0) is 16.0 Å². The predicted molar refractivity (Wildman–Crippen MR) is 110 cm³/mol. The maximum absolute atomic E-state index is 13.2. The van der Waals surface area contributed by atoms with Crippen molar-refractivity contribution in [2.24, 2.45) is 5.92 Å². The van der Waals surface area contributed by atoms with Crippen LogP contribution < -0.4 is 15.4 Å². The topological polar surface area (TPSA) is 134 Å². The van der Waals surface area contributed by atoms with Crippen LogP contribution in [0.2, 0.25) is 5.02 Å². The molecule has 1 unspecified atom stereocenters. The Bertz CT molecular complexity index is 978. The minimum atomic E-state index is -0.743. The first-order valence-corrected chi connectivity index (χ1v) is 10.1. The Morgan fingerprint density at radius 1 is 1.45 bits per heavy atom. The minimum Gasteiger partial charge on any atom is -0.496 e. The molecule has 3 N–H and O–H groups in total. The number of imide groups is 1. The number of nitrogens with zero attached hydrogens (tertiary/aromatic N) is 2. The predicted octanol–water partition coefficient (Wildman–Crippen LogP) is 2.02. The zero-order valence-electron chi connectivity index (χ0n) is 17.1. The highest BCUT2D eigenvalue weighted by Crippen LogP contribution is 2.27. The Labute approximate surface area is 183 Å². The van der Waals surface area contributed by atoms with Crippen LogP contribution in [0.5, 0.6) is 11.6 Å². The molecule has 2 atom stereocenters. The lowest BCUT2D eigenvalue weighted by molar-refractivity contribution is -0.133. The number of halogens is 1. The fourth-order valence-electron chi connectivity index (χ4n) is 3.37. The zero-order valence-corrected chi connectivity index (χ0v) is 17.8. The van der Waals surface area contributed by atoms with Gasteiger partial charge >= 0.3 is 6.03 Å². The van der Waals surface area contributed by atoms with Crippen molar-refractivity contribution in [1.82, 2.24) is 20.7 Å². The van der Waals surface area contributed by atoms with Gasteiger partial charge in [-0.2, -0.15) is 0 Å². The number of rotatable bonds is 6. The second-order valence-corrected chi connectivity index (χ2v) is 7.52. The van der Waals surface area contributed by atoms with E-state index in [0.717, 1.165) is 4.90 Å². The van der Waals surface area contributed by atoms with Gasteiger partial charge in [-0.3, -0.25) is 14.5 Å². The van der Waals surface area contributed by atoms with Gasteiger partial charge in [0.1, 0.15) is 12.3 Å². The monoisotopic (exact) mass is 450 g/mol. The second-order valence-electron chi connectivity index (χ2n) is 7.08. The van der Waals surface area contributed by atoms with Gasteiger partial charge in [-0.1, -0.05) is 18.5 Å². The van der Waals surface area contributed by atoms with Gasteiger partial charge in [-0.05, 0) is 41.8 Å². The molecule has 1 aliphatic heterocycles. The van der Waals surface area contributed by atoms with E-state index in [2.05, 4.69) is 15.8 Å². The number of carbonyl (C=O) groups is 3. The van der Waals surface area contributed by atoms with E-state index >= 15 is 0 Å². The number of aromatic hydroxyl groups is 1. The molecule has 1 aromatic carbocycles. The summed E-state index contributed by atoms with van der Waals surface area (Å²) in [6, 6.07) is 4.96. The van der Waals surface area contributed by atoms with Gasteiger partial charge in [0.15, 0.2) is 5.76 Å². The van der Waals surface area contributed by atoms with E-state index in [1.54, 1.807) is 25.1 Å². The molecule has 0 radical (unpaired) electrons. The highest BCUT2D eigenvalue weighted by Gasteiger charge is 2.35. The number of ether oxygens (including phenoxy) is 1. The van der Waals surface area contributed by atoms with Crippen molar-refractivity contribution in [3.63, 3.8) is 0 Å². The Kier molecular flexibility index (Phi) is 7.01. The molecule has 31 heavy (non-hydrogen) atoms. The van der Waals surface area contributed by atoms with Gasteiger partial charge in [-0.25, -0.2) is 4.79 Å². The average molecular weight is 451 g/mol.